The van der Waals surface area contributed by atoms with Crippen molar-refractivity contribution in [2.24, 2.45) is 5.41 Å². The molecule has 0 unspecified atom stereocenters. The van der Waals surface area contributed by atoms with Crippen LogP contribution in [0.1, 0.15) is 42.4 Å². The number of hydrogen-bond acceptors (Lipinski definition) is 4. The Morgan fingerprint density at radius 1 is 1.04 bits per heavy atom. The second-order valence-corrected chi connectivity index (χ2v) is 8.08. The molecule has 2 aromatic rings. The molecule has 1 aromatic carbocycles. The lowest BCUT2D eigenvalue weighted by Gasteiger charge is -2.44. The molecule has 1 spiro atoms. The van der Waals surface area contributed by atoms with Crippen molar-refractivity contribution in [2.45, 2.75) is 46.1 Å². The Balaban J connectivity index is 0.00000131. The summed E-state index contributed by atoms with van der Waals surface area (Å²) in [6.45, 7) is 9.57. The summed E-state index contributed by atoms with van der Waals surface area (Å²) in [6.07, 6.45) is 5.20. The third-order valence-electron chi connectivity index (χ3n) is 6.23. The highest BCUT2D eigenvalue weighted by Crippen LogP contribution is 2.39. The smallest absolute Gasteiger partial charge is 0.336 e. The summed E-state index contributed by atoms with van der Waals surface area (Å²) >= 11 is 0. The Hall–Kier alpha value is -1.07. The third-order valence-corrected chi connectivity index (χ3v) is 6.23. The molecular formula is C21H30Cl2N2O2. The van der Waals surface area contributed by atoms with E-state index in [2.05, 4.69) is 29.3 Å². The van der Waals surface area contributed by atoms with Crippen molar-refractivity contribution in [1.29, 1.82) is 0 Å². The summed E-state index contributed by atoms with van der Waals surface area (Å²) < 4.78 is 5.49. The minimum Gasteiger partial charge on any atom is -0.422 e. The molecule has 0 atom stereocenters. The zero-order valence-electron chi connectivity index (χ0n) is 16.2. The number of piperidine rings is 2. The van der Waals surface area contributed by atoms with Gasteiger partial charge in [0.25, 0.3) is 0 Å². The Morgan fingerprint density at radius 2 is 1.70 bits per heavy atom. The summed E-state index contributed by atoms with van der Waals surface area (Å²) in [6, 6.07) is 5.92. The van der Waals surface area contributed by atoms with Gasteiger partial charge in [0.2, 0.25) is 0 Å². The first-order valence-electron chi connectivity index (χ1n) is 9.52. The van der Waals surface area contributed by atoms with E-state index in [0.717, 1.165) is 41.7 Å². The summed E-state index contributed by atoms with van der Waals surface area (Å²) in [5, 5.41) is 4.58. The van der Waals surface area contributed by atoms with Gasteiger partial charge in [-0.2, -0.15) is 0 Å². The maximum atomic E-state index is 12.0. The Morgan fingerprint density at radius 3 is 2.37 bits per heavy atom. The molecule has 1 aromatic heterocycles. The van der Waals surface area contributed by atoms with Crippen LogP contribution in [0, 0.1) is 19.3 Å². The average Bonchev–Trinajstić information content (AvgIpc) is 2.59. The van der Waals surface area contributed by atoms with Crippen LogP contribution in [0.2, 0.25) is 0 Å². The van der Waals surface area contributed by atoms with E-state index in [4.69, 9.17) is 4.42 Å². The fourth-order valence-electron chi connectivity index (χ4n) is 4.69. The molecule has 0 bridgehead atoms. The molecule has 4 nitrogen and oxygen atoms in total. The number of rotatable bonds is 2. The number of benzene rings is 1. The van der Waals surface area contributed by atoms with E-state index < -0.39 is 0 Å². The van der Waals surface area contributed by atoms with E-state index in [9.17, 15) is 4.79 Å². The van der Waals surface area contributed by atoms with Crippen LogP contribution in [-0.2, 0) is 6.54 Å². The summed E-state index contributed by atoms with van der Waals surface area (Å²) in [7, 11) is 0. The number of likely N-dealkylation sites (tertiary alicyclic amines) is 1. The topological polar surface area (TPSA) is 45.5 Å². The lowest BCUT2D eigenvalue weighted by Crippen LogP contribution is -2.45. The van der Waals surface area contributed by atoms with Gasteiger partial charge in [0.1, 0.15) is 5.58 Å². The Bertz CT molecular complexity index is 834. The van der Waals surface area contributed by atoms with Crippen molar-refractivity contribution in [1.82, 2.24) is 10.2 Å². The predicted octanol–water partition coefficient (Wildman–Crippen LogP) is 4.22. The largest absolute Gasteiger partial charge is 0.422 e. The van der Waals surface area contributed by atoms with Crippen molar-refractivity contribution in [2.75, 3.05) is 26.2 Å². The predicted molar refractivity (Wildman–Crippen MR) is 116 cm³/mol. The maximum absolute atomic E-state index is 12.0. The lowest BCUT2D eigenvalue weighted by molar-refractivity contribution is 0.0702. The van der Waals surface area contributed by atoms with Gasteiger partial charge in [0.05, 0.1) is 0 Å². The van der Waals surface area contributed by atoms with Gasteiger partial charge in [-0.3, -0.25) is 4.90 Å². The molecule has 150 valence electrons. The molecule has 2 aliphatic heterocycles. The zero-order chi connectivity index (χ0) is 17.4. The van der Waals surface area contributed by atoms with Crippen molar-refractivity contribution >= 4 is 35.8 Å². The molecule has 2 saturated heterocycles. The first-order chi connectivity index (χ1) is 12.0. The number of hydrogen-bond donors (Lipinski definition) is 1. The molecule has 3 heterocycles. The molecule has 2 fully saturated rings. The normalized spacial score (nSPS) is 19.5. The van der Waals surface area contributed by atoms with Crippen molar-refractivity contribution in [3.05, 3.63) is 45.3 Å². The lowest BCUT2D eigenvalue weighted by atomic mass is 9.71. The maximum Gasteiger partial charge on any atom is 0.336 e. The Labute approximate surface area is 173 Å². The highest BCUT2D eigenvalue weighted by molar-refractivity contribution is 5.85. The van der Waals surface area contributed by atoms with Crippen LogP contribution in [0.5, 0.6) is 0 Å². The van der Waals surface area contributed by atoms with E-state index in [-0.39, 0.29) is 30.4 Å². The van der Waals surface area contributed by atoms with Gasteiger partial charge in [-0.05, 0) is 93.9 Å². The zero-order valence-corrected chi connectivity index (χ0v) is 17.8. The quantitative estimate of drug-likeness (QED) is 0.749. The average molecular weight is 413 g/mol. The summed E-state index contributed by atoms with van der Waals surface area (Å²) in [5.74, 6) is 0. The summed E-state index contributed by atoms with van der Waals surface area (Å²) in [4.78, 5) is 14.5. The molecular weight excluding hydrogens is 383 g/mol. The number of nitrogens with one attached hydrogen (secondary N) is 1. The number of fused-ring (bicyclic) bond motifs is 1. The van der Waals surface area contributed by atoms with Crippen molar-refractivity contribution in [3.63, 3.8) is 0 Å². The minimum absolute atomic E-state index is 0. The second-order valence-electron chi connectivity index (χ2n) is 8.08. The van der Waals surface area contributed by atoms with Crippen molar-refractivity contribution in [3.8, 4) is 0 Å². The highest BCUT2D eigenvalue weighted by Gasteiger charge is 2.35. The molecule has 0 saturated carbocycles. The number of nitrogens with zero attached hydrogens (tertiary/aromatic N) is 1. The third kappa shape index (κ3) is 4.68. The van der Waals surface area contributed by atoms with E-state index >= 15 is 0 Å². The fraction of sp³-hybridized carbons (Fsp3) is 0.571. The van der Waals surface area contributed by atoms with Crippen LogP contribution in [0.25, 0.3) is 11.0 Å². The highest BCUT2D eigenvalue weighted by atomic mass is 35.5. The first-order valence-corrected chi connectivity index (χ1v) is 9.52. The van der Waals surface area contributed by atoms with Crippen LogP contribution >= 0.6 is 24.8 Å². The Kier molecular flexibility index (Phi) is 7.37. The molecule has 1 N–H and O–H groups in total. The SMILES string of the molecule is Cc1cc(C)c2oc(=O)cc(CN3CCC4(CCNCC4)CC3)c2c1.Cl.Cl. The van der Waals surface area contributed by atoms with Gasteiger partial charge < -0.3 is 9.73 Å². The van der Waals surface area contributed by atoms with Crippen LogP contribution in [0.15, 0.2) is 27.4 Å². The van der Waals surface area contributed by atoms with E-state index in [1.54, 1.807) is 6.07 Å². The van der Waals surface area contributed by atoms with Gasteiger partial charge in [-0.1, -0.05) is 6.07 Å². The van der Waals surface area contributed by atoms with E-state index in [0.29, 0.717) is 5.41 Å². The van der Waals surface area contributed by atoms with Crippen LogP contribution in [0.3, 0.4) is 0 Å². The molecule has 27 heavy (non-hydrogen) atoms. The molecule has 0 aliphatic carbocycles. The monoisotopic (exact) mass is 412 g/mol. The number of aryl methyl sites for hydroxylation is 2. The minimum atomic E-state index is -0.235. The first kappa shape index (κ1) is 22.2. The summed E-state index contributed by atoms with van der Waals surface area (Å²) in [5.41, 5.74) is 4.45. The second kappa shape index (κ2) is 8.95. The van der Waals surface area contributed by atoms with Gasteiger partial charge >= 0.3 is 5.63 Å². The fourth-order valence-corrected chi connectivity index (χ4v) is 4.69. The van der Waals surface area contributed by atoms with Crippen LogP contribution < -0.4 is 10.9 Å². The molecule has 6 heteroatoms. The molecule has 4 rings (SSSR count). The molecule has 0 radical (unpaired) electrons. The number of halogens is 2. The van der Waals surface area contributed by atoms with Crippen LogP contribution in [0.4, 0.5) is 0 Å². The van der Waals surface area contributed by atoms with Crippen molar-refractivity contribution < 1.29 is 4.42 Å². The van der Waals surface area contributed by atoms with Gasteiger partial charge in [0, 0.05) is 18.0 Å². The van der Waals surface area contributed by atoms with Crippen LogP contribution in [-0.4, -0.2) is 31.1 Å². The van der Waals surface area contributed by atoms with E-state index in [1.165, 1.54) is 44.3 Å². The van der Waals surface area contributed by atoms with Gasteiger partial charge in [-0.15, -0.1) is 24.8 Å². The standard InChI is InChI=1S/C21H28N2O2.2ClH/c1-15-11-16(2)20-18(12-15)17(13-19(24)25-20)14-23-9-5-21(6-10-23)3-7-22-8-4-21;;/h11-13,22H,3-10,14H2,1-2H3;2*1H. The van der Waals surface area contributed by atoms with Gasteiger partial charge in [0.15, 0.2) is 0 Å². The molecule has 0 amide bonds. The van der Waals surface area contributed by atoms with Gasteiger partial charge in [-0.25, -0.2) is 4.79 Å². The molecule has 2 aliphatic rings. The van der Waals surface area contributed by atoms with E-state index in [1.807, 2.05) is 6.92 Å².